The average molecular weight is 286 g/mol. The molecule has 1 heterocycles. The predicted molar refractivity (Wildman–Crippen MR) is 69.1 cm³/mol. The first kappa shape index (κ1) is 14.4. The summed E-state index contributed by atoms with van der Waals surface area (Å²) in [6, 6.07) is 4.49. The van der Waals surface area contributed by atoms with E-state index in [-0.39, 0.29) is 17.4 Å². The molecule has 1 aliphatic heterocycles. The fourth-order valence-electron chi connectivity index (χ4n) is 1.75. The fourth-order valence-corrected chi connectivity index (χ4v) is 1.75. The molecule has 1 aromatic carbocycles. The zero-order chi connectivity index (χ0) is 14.8. The maximum absolute atomic E-state index is 12.8. The normalized spacial score (nSPS) is 15.0. The number of carbonyl (C=O) groups excluding carboxylic acids is 1. The smallest absolute Gasteiger partial charge is 0.395 e. The summed E-state index contributed by atoms with van der Waals surface area (Å²) in [5.41, 5.74) is 0.641. The zero-order valence-electron chi connectivity index (χ0n) is 11.3. The van der Waals surface area contributed by atoms with Crippen molar-refractivity contribution >= 4 is 11.6 Å². The van der Waals surface area contributed by atoms with E-state index in [0.29, 0.717) is 25.1 Å². The Morgan fingerprint density at radius 2 is 2.00 bits per heavy atom. The highest BCUT2D eigenvalue weighted by Gasteiger charge is 2.43. The van der Waals surface area contributed by atoms with Gasteiger partial charge >= 0.3 is 6.29 Å². The minimum absolute atomic E-state index is 0.00404. The molecule has 20 heavy (non-hydrogen) atoms. The lowest BCUT2D eigenvalue weighted by molar-refractivity contribution is -0.286. The molecule has 1 aromatic rings. The molecule has 2 rings (SSSR count). The fraction of sp³-hybridized carbons (Fsp3) is 0.462. The van der Waals surface area contributed by atoms with Gasteiger partial charge in [-0.05, 0) is 18.6 Å². The van der Waals surface area contributed by atoms with Gasteiger partial charge in [0.25, 0.3) is 0 Å². The number of nitrogens with zero attached hydrogens (tertiary/aromatic N) is 1. The van der Waals surface area contributed by atoms with E-state index in [0.717, 1.165) is 0 Å². The minimum Gasteiger partial charge on any atom is -0.395 e. The Balaban J connectivity index is 1.82. The molecular formula is C13H16F2N2O3. The standard InChI is InChI=1S/C13H16F2N2O3/c1-17(2)12(18)4-3-7-16-9-5-6-10-11(8-9)20-13(14,15)19-10/h5-6,8,16H,3-4,7H2,1-2H3. The first-order valence-corrected chi connectivity index (χ1v) is 6.21. The number of rotatable bonds is 5. The number of amides is 1. The maximum Gasteiger partial charge on any atom is 0.586 e. The molecule has 0 atom stereocenters. The molecule has 0 bridgehead atoms. The van der Waals surface area contributed by atoms with Crippen LogP contribution in [0.2, 0.25) is 0 Å². The zero-order valence-corrected chi connectivity index (χ0v) is 11.3. The van der Waals surface area contributed by atoms with Gasteiger partial charge in [0.15, 0.2) is 11.5 Å². The van der Waals surface area contributed by atoms with Crippen LogP contribution in [0.25, 0.3) is 0 Å². The molecule has 110 valence electrons. The number of fused-ring (bicyclic) bond motifs is 1. The van der Waals surface area contributed by atoms with Crippen molar-refractivity contribution in [2.24, 2.45) is 0 Å². The lowest BCUT2D eigenvalue weighted by Gasteiger charge is -2.10. The number of halogens is 2. The Hall–Kier alpha value is -2.05. The van der Waals surface area contributed by atoms with Gasteiger partial charge < -0.3 is 19.7 Å². The molecule has 0 aliphatic carbocycles. The summed E-state index contributed by atoms with van der Waals surface area (Å²) < 4.78 is 34.3. The summed E-state index contributed by atoms with van der Waals surface area (Å²) in [6.07, 6.45) is -2.51. The molecule has 0 saturated carbocycles. The molecule has 1 N–H and O–H groups in total. The number of carbonyl (C=O) groups is 1. The van der Waals surface area contributed by atoms with Crippen LogP contribution in [-0.2, 0) is 4.79 Å². The first-order valence-electron chi connectivity index (χ1n) is 6.21. The number of alkyl halides is 2. The van der Waals surface area contributed by atoms with E-state index in [1.54, 1.807) is 20.2 Å². The van der Waals surface area contributed by atoms with Crippen molar-refractivity contribution in [2.75, 3.05) is 26.0 Å². The second-order valence-electron chi connectivity index (χ2n) is 4.65. The third-order valence-electron chi connectivity index (χ3n) is 2.80. The van der Waals surface area contributed by atoms with Crippen LogP contribution in [0.1, 0.15) is 12.8 Å². The van der Waals surface area contributed by atoms with Crippen molar-refractivity contribution < 1.29 is 23.0 Å². The summed E-state index contributed by atoms with van der Waals surface area (Å²) in [5.74, 6) is 0.0739. The molecule has 0 saturated heterocycles. The van der Waals surface area contributed by atoms with Gasteiger partial charge in [-0.25, -0.2) is 0 Å². The van der Waals surface area contributed by atoms with Crippen LogP contribution in [0.15, 0.2) is 18.2 Å². The topological polar surface area (TPSA) is 50.8 Å². The summed E-state index contributed by atoms with van der Waals surface area (Å²) in [5, 5.41) is 3.04. The van der Waals surface area contributed by atoms with E-state index < -0.39 is 6.29 Å². The van der Waals surface area contributed by atoms with Gasteiger partial charge in [-0.1, -0.05) is 0 Å². The second-order valence-corrected chi connectivity index (χ2v) is 4.65. The average Bonchev–Trinajstić information content (AvgIpc) is 2.67. The third-order valence-corrected chi connectivity index (χ3v) is 2.80. The molecule has 0 radical (unpaired) electrons. The van der Waals surface area contributed by atoms with Crippen molar-refractivity contribution in [2.45, 2.75) is 19.1 Å². The molecule has 0 fully saturated rings. The van der Waals surface area contributed by atoms with E-state index in [9.17, 15) is 13.6 Å². The molecule has 0 spiro atoms. The number of ether oxygens (including phenoxy) is 2. The Bertz CT molecular complexity index is 506. The van der Waals surface area contributed by atoms with Gasteiger partial charge in [-0.3, -0.25) is 4.79 Å². The van der Waals surface area contributed by atoms with E-state index in [2.05, 4.69) is 14.8 Å². The molecule has 1 amide bonds. The summed E-state index contributed by atoms with van der Waals surface area (Å²) in [4.78, 5) is 12.9. The number of nitrogens with one attached hydrogen (secondary N) is 1. The highest BCUT2D eigenvalue weighted by Crippen LogP contribution is 2.42. The molecular weight excluding hydrogens is 270 g/mol. The van der Waals surface area contributed by atoms with E-state index in [4.69, 9.17) is 0 Å². The monoisotopic (exact) mass is 286 g/mol. The van der Waals surface area contributed by atoms with Crippen LogP contribution < -0.4 is 14.8 Å². The van der Waals surface area contributed by atoms with Crippen LogP contribution in [0, 0.1) is 0 Å². The Morgan fingerprint density at radius 3 is 2.70 bits per heavy atom. The molecule has 5 nitrogen and oxygen atoms in total. The number of anilines is 1. The summed E-state index contributed by atoms with van der Waals surface area (Å²) in [7, 11) is 3.40. The molecule has 0 unspecified atom stereocenters. The van der Waals surface area contributed by atoms with E-state index in [1.165, 1.54) is 17.0 Å². The molecule has 1 aliphatic rings. The van der Waals surface area contributed by atoms with Crippen LogP contribution in [-0.4, -0.2) is 37.7 Å². The van der Waals surface area contributed by atoms with Crippen molar-refractivity contribution in [3.05, 3.63) is 18.2 Å². The largest absolute Gasteiger partial charge is 0.586 e. The first-order chi connectivity index (χ1) is 9.37. The van der Waals surface area contributed by atoms with E-state index >= 15 is 0 Å². The Morgan fingerprint density at radius 1 is 1.30 bits per heavy atom. The van der Waals surface area contributed by atoms with Crippen LogP contribution in [0.4, 0.5) is 14.5 Å². The van der Waals surface area contributed by atoms with Crippen LogP contribution >= 0.6 is 0 Å². The van der Waals surface area contributed by atoms with Crippen LogP contribution in [0.3, 0.4) is 0 Å². The summed E-state index contributed by atoms with van der Waals surface area (Å²) >= 11 is 0. The van der Waals surface area contributed by atoms with Gasteiger partial charge in [-0.15, -0.1) is 8.78 Å². The number of hydrogen-bond acceptors (Lipinski definition) is 4. The second kappa shape index (κ2) is 5.52. The van der Waals surface area contributed by atoms with Gasteiger partial charge in [0.1, 0.15) is 0 Å². The number of benzene rings is 1. The maximum atomic E-state index is 12.8. The highest BCUT2D eigenvalue weighted by molar-refractivity contribution is 5.75. The third kappa shape index (κ3) is 3.49. The lowest BCUT2D eigenvalue weighted by atomic mass is 10.2. The van der Waals surface area contributed by atoms with Gasteiger partial charge in [-0.2, -0.15) is 0 Å². The van der Waals surface area contributed by atoms with E-state index in [1.807, 2.05) is 0 Å². The van der Waals surface area contributed by atoms with Crippen molar-refractivity contribution in [1.29, 1.82) is 0 Å². The van der Waals surface area contributed by atoms with Crippen molar-refractivity contribution in [3.63, 3.8) is 0 Å². The molecule has 7 heteroatoms. The van der Waals surface area contributed by atoms with Gasteiger partial charge in [0, 0.05) is 38.8 Å². The Labute approximate surface area is 115 Å². The predicted octanol–water partition coefficient (Wildman–Crippen LogP) is 2.29. The van der Waals surface area contributed by atoms with Crippen LogP contribution in [0.5, 0.6) is 11.5 Å². The summed E-state index contributed by atoms with van der Waals surface area (Å²) in [6.45, 7) is 0.565. The minimum atomic E-state index is -3.60. The molecule has 0 aromatic heterocycles. The van der Waals surface area contributed by atoms with Gasteiger partial charge in [0.05, 0.1) is 0 Å². The highest BCUT2D eigenvalue weighted by atomic mass is 19.3. The van der Waals surface area contributed by atoms with Gasteiger partial charge in [0.2, 0.25) is 5.91 Å². The quantitative estimate of drug-likeness (QED) is 0.844. The SMILES string of the molecule is CN(C)C(=O)CCCNc1ccc2c(c1)OC(F)(F)O2. The van der Waals surface area contributed by atoms with Crippen molar-refractivity contribution in [1.82, 2.24) is 4.90 Å². The Kier molecular flexibility index (Phi) is 3.96. The lowest BCUT2D eigenvalue weighted by Crippen LogP contribution is -2.25. The number of hydrogen-bond donors (Lipinski definition) is 1. The van der Waals surface area contributed by atoms with Crippen molar-refractivity contribution in [3.8, 4) is 11.5 Å².